The van der Waals surface area contributed by atoms with Gasteiger partial charge in [-0.15, -0.1) is 0 Å². The summed E-state index contributed by atoms with van der Waals surface area (Å²) in [4.78, 5) is 12.7. The summed E-state index contributed by atoms with van der Waals surface area (Å²) < 4.78 is 0. The highest BCUT2D eigenvalue weighted by Crippen LogP contribution is 2.65. The van der Waals surface area contributed by atoms with Crippen LogP contribution < -0.4 is 0 Å². The molecule has 19 heavy (non-hydrogen) atoms. The normalized spacial score (nSPS) is 34.2. The Morgan fingerprint density at radius 3 is 2.37 bits per heavy atom. The van der Waals surface area contributed by atoms with Gasteiger partial charge in [-0.25, -0.2) is 0 Å². The van der Waals surface area contributed by atoms with E-state index in [2.05, 4.69) is 26.8 Å². The quantitative estimate of drug-likeness (QED) is 0.676. The zero-order chi connectivity index (χ0) is 13.8. The van der Waals surface area contributed by atoms with E-state index in [0.717, 1.165) is 29.0 Å². The van der Waals surface area contributed by atoms with E-state index in [1.54, 1.807) is 0 Å². The van der Waals surface area contributed by atoms with E-state index in [1.807, 2.05) is 24.3 Å². The molecule has 0 amide bonds. The van der Waals surface area contributed by atoms with Crippen LogP contribution in [0.5, 0.6) is 0 Å². The summed E-state index contributed by atoms with van der Waals surface area (Å²) in [5.74, 6) is 0.754. The van der Waals surface area contributed by atoms with Gasteiger partial charge >= 0.3 is 0 Å². The minimum Gasteiger partial charge on any atom is -0.294 e. The Morgan fingerprint density at radius 1 is 1.21 bits per heavy atom. The highest BCUT2D eigenvalue weighted by molar-refractivity contribution is 6.30. The summed E-state index contributed by atoms with van der Waals surface area (Å²) in [5, 5.41) is 0.730. The van der Waals surface area contributed by atoms with Crippen molar-refractivity contribution in [2.45, 2.75) is 33.6 Å². The van der Waals surface area contributed by atoms with Crippen LogP contribution in [0.15, 0.2) is 29.8 Å². The van der Waals surface area contributed by atoms with Crippen molar-refractivity contribution < 1.29 is 4.79 Å². The topological polar surface area (TPSA) is 17.1 Å². The Morgan fingerprint density at radius 2 is 1.84 bits per heavy atom. The smallest absolute Gasteiger partial charge is 0.165 e. The number of carbonyl (C=O) groups is 1. The molecule has 2 heteroatoms. The summed E-state index contributed by atoms with van der Waals surface area (Å²) in [6, 6.07) is 7.70. The number of hydrogen-bond donors (Lipinski definition) is 0. The molecule has 2 saturated carbocycles. The summed E-state index contributed by atoms with van der Waals surface area (Å²) in [6.45, 7) is 6.62. The number of ketones is 1. The van der Waals surface area contributed by atoms with E-state index in [1.165, 1.54) is 0 Å². The lowest BCUT2D eigenvalue weighted by atomic mass is 9.70. The third kappa shape index (κ3) is 1.64. The third-order valence-corrected chi connectivity index (χ3v) is 5.81. The monoisotopic (exact) mass is 274 g/mol. The minimum atomic E-state index is -0.171. The first-order valence-electron chi connectivity index (χ1n) is 6.88. The van der Waals surface area contributed by atoms with Crippen molar-refractivity contribution in [1.29, 1.82) is 0 Å². The van der Waals surface area contributed by atoms with Gasteiger partial charge in [-0.05, 0) is 53.5 Å². The van der Waals surface area contributed by atoms with Crippen LogP contribution in [0.2, 0.25) is 5.02 Å². The zero-order valence-electron chi connectivity index (χ0n) is 11.7. The molecule has 2 aliphatic rings. The van der Waals surface area contributed by atoms with Crippen LogP contribution in [-0.2, 0) is 4.79 Å². The predicted octanol–water partition coefficient (Wildman–Crippen LogP) is 4.75. The number of carbonyl (C=O) groups excluding carboxylic acids is 1. The maximum atomic E-state index is 12.7. The first-order valence-corrected chi connectivity index (χ1v) is 7.26. The van der Waals surface area contributed by atoms with Gasteiger partial charge in [-0.2, -0.15) is 0 Å². The largest absolute Gasteiger partial charge is 0.294 e. The fourth-order valence-corrected chi connectivity index (χ4v) is 3.96. The first-order chi connectivity index (χ1) is 8.86. The molecule has 2 unspecified atom stereocenters. The first kappa shape index (κ1) is 12.9. The van der Waals surface area contributed by atoms with Gasteiger partial charge in [0.25, 0.3) is 0 Å². The lowest BCUT2D eigenvalue weighted by Gasteiger charge is -2.31. The molecule has 0 spiro atoms. The molecule has 2 atom stereocenters. The molecule has 0 heterocycles. The number of benzene rings is 1. The van der Waals surface area contributed by atoms with Gasteiger partial charge in [0.1, 0.15) is 0 Å². The predicted molar refractivity (Wildman–Crippen MR) is 79.0 cm³/mol. The highest BCUT2D eigenvalue weighted by Gasteiger charge is 2.63. The number of rotatable bonds is 1. The van der Waals surface area contributed by atoms with Gasteiger partial charge in [-0.1, -0.05) is 44.5 Å². The summed E-state index contributed by atoms with van der Waals surface area (Å²) >= 11 is 5.90. The van der Waals surface area contributed by atoms with Crippen LogP contribution in [0.3, 0.4) is 0 Å². The molecule has 100 valence electrons. The van der Waals surface area contributed by atoms with Gasteiger partial charge in [0, 0.05) is 10.4 Å². The minimum absolute atomic E-state index is 0.0857. The molecule has 0 aromatic heterocycles. The van der Waals surface area contributed by atoms with Crippen LogP contribution >= 0.6 is 11.6 Å². The van der Waals surface area contributed by atoms with Crippen molar-refractivity contribution in [3.05, 3.63) is 40.4 Å². The fourth-order valence-electron chi connectivity index (χ4n) is 3.83. The second kappa shape index (κ2) is 3.96. The maximum Gasteiger partial charge on any atom is 0.165 e. The molecule has 0 saturated heterocycles. The molecular weight excluding hydrogens is 256 g/mol. The fraction of sp³-hybridized carbons (Fsp3) is 0.471. The molecular formula is C17H19ClO. The van der Waals surface area contributed by atoms with E-state index < -0.39 is 0 Å². The SMILES string of the molecule is CC12CCC(/C(=C\c3ccc(Cl)cc3)C1=O)C2(C)C. The summed E-state index contributed by atoms with van der Waals surface area (Å²) in [7, 11) is 0. The molecule has 0 aliphatic heterocycles. The molecule has 1 aromatic carbocycles. The molecule has 2 aliphatic carbocycles. The van der Waals surface area contributed by atoms with Gasteiger partial charge in [0.15, 0.2) is 5.78 Å². The van der Waals surface area contributed by atoms with Crippen LogP contribution in [0.4, 0.5) is 0 Å². The van der Waals surface area contributed by atoms with E-state index in [-0.39, 0.29) is 10.8 Å². The van der Waals surface area contributed by atoms with Crippen LogP contribution in [0.1, 0.15) is 39.2 Å². The Bertz CT molecular complexity index is 567. The Kier molecular flexibility index (Phi) is 2.69. The lowest BCUT2D eigenvalue weighted by molar-refractivity contribution is -0.125. The zero-order valence-corrected chi connectivity index (χ0v) is 12.4. The highest BCUT2D eigenvalue weighted by atomic mass is 35.5. The molecule has 0 radical (unpaired) electrons. The van der Waals surface area contributed by atoms with Gasteiger partial charge in [-0.3, -0.25) is 4.79 Å². The maximum absolute atomic E-state index is 12.7. The van der Waals surface area contributed by atoms with E-state index in [0.29, 0.717) is 11.7 Å². The molecule has 0 N–H and O–H groups in total. The summed E-state index contributed by atoms with van der Waals surface area (Å²) in [5.41, 5.74) is 2.00. The van der Waals surface area contributed by atoms with Crippen LogP contribution in [0, 0.1) is 16.7 Å². The number of hydrogen-bond acceptors (Lipinski definition) is 1. The van der Waals surface area contributed by atoms with Crippen molar-refractivity contribution >= 4 is 23.5 Å². The van der Waals surface area contributed by atoms with E-state index >= 15 is 0 Å². The van der Waals surface area contributed by atoms with Gasteiger partial charge in [0.2, 0.25) is 0 Å². The molecule has 1 nitrogen and oxygen atoms in total. The molecule has 2 fully saturated rings. The number of fused-ring (bicyclic) bond motifs is 2. The Balaban J connectivity index is 2.04. The summed E-state index contributed by atoms with van der Waals surface area (Å²) in [6.07, 6.45) is 4.23. The standard InChI is InChI=1S/C17H19ClO/c1-16(2)14-8-9-17(16,3)15(19)13(14)10-11-4-6-12(18)7-5-11/h4-7,10,14H,8-9H2,1-3H3/b13-10+. The second-order valence-electron chi connectivity index (χ2n) is 6.63. The van der Waals surface area contributed by atoms with Crippen molar-refractivity contribution in [2.24, 2.45) is 16.7 Å². The van der Waals surface area contributed by atoms with Crippen molar-refractivity contribution in [3.63, 3.8) is 0 Å². The lowest BCUT2D eigenvalue weighted by Crippen LogP contribution is -2.32. The van der Waals surface area contributed by atoms with E-state index in [4.69, 9.17) is 11.6 Å². The second-order valence-corrected chi connectivity index (χ2v) is 7.06. The average Bonchev–Trinajstić information content (AvgIpc) is 2.66. The van der Waals surface area contributed by atoms with Crippen LogP contribution in [-0.4, -0.2) is 5.78 Å². The third-order valence-electron chi connectivity index (χ3n) is 5.56. The molecule has 3 rings (SSSR count). The molecule has 1 aromatic rings. The number of allylic oxidation sites excluding steroid dienone is 1. The van der Waals surface area contributed by atoms with Crippen molar-refractivity contribution in [1.82, 2.24) is 0 Å². The van der Waals surface area contributed by atoms with Gasteiger partial charge < -0.3 is 0 Å². The van der Waals surface area contributed by atoms with Crippen molar-refractivity contribution in [2.75, 3.05) is 0 Å². The van der Waals surface area contributed by atoms with Crippen molar-refractivity contribution in [3.8, 4) is 0 Å². The number of halogens is 1. The van der Waals surface area contributed by atoms with E-state index in [9.17, 15) is 4.79 Å². The molecule has 2 bridgehead atoms. The Labute approximate surface area is 119 Å². The number of Topliss-reactive ketones (excluding diaryl/α,β-unsaturated/α-hetero) is 1. The Hall–Kier alpha value is -1.08. The van der Waals surface area contributed by atoms with Crippen LogP contribution in [0.25, 0.3) is 6.08 Å². The average molecular weight is 275 g/mol. The van der Waals surface area contributed by atoms with Gasteiger partial charge in [0.05, 0.1) is 0 Å².